The second-order valence-electron chi connectivity index (χ2n) is 7.00. The molecular weight excluding hydrogens is 408 g/mol. The van der Waals surface area contributed by atoms with Gasteiger partial charge in [0.05, 0.1) is 12.8 Å². The second kappa shape index (κ2) is 9.18. The van der Waals surface area contributed by atoms with Crippen molar-refractivity contribution in [1.82, 2.24) is 5.32 Å². The first kappa shape index (κ1) is 20.9. The molecule has 1 fully saturated rings. The van der Waals surface area contributed by atoms with E-state index in [2.05, 4.69) is 5.32 Å². The van der Waals surface area contributed by atoms with Gasteiger partial charge in [0.1, 0.15) is 23.7 Å². The molecule has 0 bridgehead atoms. The van der Waals surface area contributed by atoms with Gasteiger partial charge in [-0.2, -0.15) is 0 Å². The molecule has 1 heterocycles. The van der Waals surface area contributed by atoms with Gasteiger partial charge in [0.25, 0.3) is 11.8 Å². The molecule has 1 aliphatic heterocycles. The van der Waals surface area contributed by atoms with Gasteiger partial charge in [-0.25, -0.2) is 9.69 Å². The highest BCUT2D eigenvalue weighted by molar-refractivity contribution is 6.39. The largest absolute Gasteiger partial charge is 0.497 e. The SMILES string of the molecule is COc1cccc(/C=C2/C(=O)NC(=O)N(c3ccc(OCc4ccccc4)cc3)C2=O)c1. The number of hydrogen-bond acceptors (Lipinski definition) is 5. The Labute approximate surface area is 184 Å². The summed E-state index contributed by atoms with van der Waals surface area (Å²) in [6, 6.07) is 22.3. The van der Waals surface area contributed by atoms with Gasteiger partial charge >= 0.3 is 6.03 Å². The summed E-state index contributed by atoms with van der Waals surface area (Å²) in [5.74, 6) is -0.283. The van der Waals surface area contributed by atoms with Crippen LogP contribution in [0, 0.1) is 0 Å². The number of barbiturate groups is 1. The van der Waals surface area contributed by atoms with Crippen LogP contribution in [0.2, 0.25) is 0 Å². The molecule has 7 nitrogen and oxygen atoms in total. The number of nitrogens with one attached hydrogen (secondary N) is 1. The number of urea groups is 1. The van der Waals surface area contributed by atoms with E-state index in [1.54, 1.807) is 48.5 Å². The number of nitrogens with zero attached hydrogens (tertiary/aromatic N) is 1. The van der Waals surface area contributed by atoms with Crippen LogP contribution in [0.5, 0.6) is 11.5 Å². The van der Waals surface area contributed by atoms with Gasteiger partial charge in [-0.05, 0) is 53.6 Å². The van der Waals surface area contributed by atoms with E-state index in [9.17, 15) is 14.4 Å². The summed E-state index contributed by atoms with van der Waals surface area (Å²) >= 11 is 0. The van der Waals surface area contributed by atoms with Gasteiger partial charge in [0.15, 0.2) is 0 Å². The molecule has 0 spiro atoms. The molecular formula is C25H20N2O5. The summed E-state index contributed by atoms with van der Waals surface area (Å²) in [6.07, 6.45) is 1.43. The molecule has 0 atom stereocenters. The van der Waals surface area contributed by atoms with Crippen molar-refractivity contribution in [3.05, 3.63) is 95.6 Å². The lowest BCUT2D eigenvalue weighted by Crippen LogP contribution is -2.54. The number of carbonyl (C=O) groups is 3. The molecule has 32 heavy (non-hydrogen) atoms. The number of methoxy groups -OCH3 is 1. The summed E-state index contributed by atoms with van der Waals surface area (Å²) < 4.78 is 10.9. The second-order valence-corrected chi connectivity index (χ2v) is 7.00. The molecule has 0 unspecified atom stereocenters. The lowest BCUT2D eigenvalue weighted by molar-refractivity contribution is -0.122. The Morgan fingerprint density at radius 3 is 2.34 bits per heavy atom. The topological polar surface area (TPSA) is 84.9 Å². The van der Waals surface area contributed by atoms with Crippen molar-refractivity contribution in [1.29, 1.82) is 0 Å². The number of benzene rings is 3. The van der Waals surface area contributed by atoms with Crippen molar-refractivity contribution >= 4 is 29.6 Å². The zero-order chi connectivity index (χ0) is 22.5. The lowest BCUT2D eigenvalue weighted by atomic mass is 10.1. The standard InChI is InChI=1S/C25H20N2O5/c1-31-21-9-5-8-18(14-21)15-22-23(28)26-25(30)27(24(22)29)19-10-12-20(13-11-19)32-16-17-6-3-2-4-7-17/h2-15H,16H2,1H3,(H,26,28,30)/b22-15-. The van der Waals surface area contributed by atoms with Crippen molar-refractivity contribution in [2.45, 2.75) is 6.61 Å². The van der Waals surface area contributed by atoms with E-state index in [0.29, 0.717) is 29.4 Å². The van der Waals surface area contributed by atoms with Gasteiger partial charge in [-0.15, -0.1) is 0 Å². The third-order valence-electron chi connectivity index (χ3n) is 4.85. The van der Waals surface area contributed by atoms with Gasteiger partial charge < -0.3 is 9.47 Å². The molecule has 3 aromatic rings. The third-order valence-corrected chi connectivity index (χ3v) is 4.85. The minimum absolute atomic E-state index is 0.151. The smallest absolute Gasteiger partial charge is 0.335 e. The molecule has 1 aliphatic rings. The average molecular weight is 428 g/mol. The number of rotatable bonds is 6. The fourth-order valence-electron chi connectivity index (χ4n) is 3.22. The zero-order valence-corrected chi connectivity index (χ0v) is 17.3. The predicted octanol–water partition coefficient (Wildman–Crippen LogP) is 3.94. The minimum Gasteiger partial charge on any atom is -0.497 e. The predicted molar refractivity (Wildman–Crippen MR) is 119 cm³/mol. The quantitative estimate of drug-likeness (QED) is 0.475. The summed E-state index contributed by atoms with van der Waals surface area (Å²) in [5.41, 5.74) is 1.79. The zero-order valence-electron chi connectivity index (χ0n) is 17.3. The number of ether oxygens (including phenoxy) is 2. The highest BCUT2D eigenvalue weighted by Gasteiger charge is 2.36. The van der Waals surface area contributed by atoms with Crippen LogP contribution in [0.25, 0.3) is 6.08 Å². The molecule has 160 valence electrons. The number of amides is 4. The van der Waals surface area contributed by atoms with Crippen LogP contribution in [0.1, 0.15) is 11.1 Å². The maximum Gasteiger partial charge on any atom is 0.335 e. The summed E-state index contributed by atoms with van der Waals surface area (Å²) in [5, 5.41) is 2.21. The van der Waals surface area contributed by atoms with Crippen molar-refractivity contribution in [3.63, 3.8) is 0 Å². The van der Waals surface area contributed by atoms with Crippen LogP contribution in [-0.2, 0) is 16.2 Å². The van der Waals surface area contributed by atoms with E-state index in [1.165, 1.54) is 13.2 Å². The van der Waals surface area contributed by atoms with Crippen molar-refractivity contribution in [2.75, 3.05) is 12.0 Å². The van der Waals surface area contributed by atoms with E-state index in [0.717, 1.165) is 10.5 Å². The molecule has 7 heteroatoms. The molecule has 0 aromatic heterocycles. The molecule has 4 rings (SSSR count). The molecule has 0 saturated carbocycles. The van der Waals surface area contributed by atoms with E-state index in [-0.39, 0.29) is 5.57 Å². The minimum atomic E-state index is -0.805. The summed E-state index contributed by atoms with van der Waals surface area (Å²) in [4.78, 5) is 38.7. The van der Waals surface area contributed by atoms with Crippen molar-refractivity contribution < 1.29 is 23.9 Å². The van der Waals surface area contributed by atoms with Crippen molar-refractivity contribution in [3.8, 4) is 11.5 Å². The van der Waals surface area contributed by atoms with Crippen LogP contribution in [0.4, 0.5) is 10.5 Å². The normalized spacial score (nSPS) is 15.0. The number of carbonyl (C=O) groups excluding carboxylic acids is 3. The first-order chi connectivity index (χ1) is 15.5. The fraction of sp³-hybridized carbons (Fsp3) is 0.0800. The number of hydrogen-bond donors (Lipinski definition) is 1. The Morgan fingerprint density at radius 1 is 0.875 bits per heavy atom. The molecule has 0 radical (unpaired) electrons. The van der Waals surface area contributed by atoms with Crippen LogP contribution in [0.15, 0.2) is 84.4 Å². The van der Waals surface area contributed by atoms with Gasteiger partial charge in [0.2, 0.25) is 0 Å². The Hall–Kier alpha value is -4.39. The number of anilines is 1. The molecule has 3 aromatic carbocycles. The highest BCUT2D eigenvalue weighted by atomic mass is 16.5. The van der Waals surface area contributed by atoms with Crippen molar-refractivity contribution in [2.24, 2.45) is 0 Å². The molecule has 4 amide bonds. The summed E-state index contributed by atoms with van der Waals surface area (Å²) in [7, 11) is 1.53. The molecule has 0 aliphatic carbocycles. The van der Waals surface area contributed by atoms with E-state index >= 15 is 0 Å². The van der Waals surface area contributed by atoms with E-state index in [1.807, 2.05) is 30.3 Å². The Kier molecular flexibility index (Phi) is 5.98. The maximum atomic E-state index is 13.0. The Morgan fingerprint density at radius 2 is 1.62 bits per heavy atom. The van der Waals surface area contributed by atoms with Crippen LogP contribution in [0.3, 0.4) is 0 Å². The van der Waals surface area contributed by atoms with E-state index < -0.39 is 17.8 Å². The van der Waals surface area contributed by atoms with Gasteiger partial charge in [-0.1, -0.05) is 42.5 Å². The maximum absolute atomic E-state index is 13.0. The lowest BCUT2D eigenvalue weighted by Gasteiger charge is -2.26. The third kappa shape index (κ3) is 4.52. The van der Waals surface area contributed by atoms with Gasteiger partial charge in [0, 0.05) is 0 Å². The van der Waals surface area contributed by atoms with E-state index in [4.69, 9.17) is 9.47 Å². The first-order valence-electron chi connectivity index (χ1n) is 9.87. The van der Waals surface area contributed by atoms with Crippen LogP contribution >= 0.6 is 0 Å². The van der Waals surface area contributed by atoms with Crippen LogP contribution in [-0.4, -0.2) is 25.0 Å². The molecule has 1 N–H and O–H groups in total. The monoisotopic (exact) mass is 428 g/mol. The van der Waals surface area contributed by atoms with Crippen LogP contribution < -0.4 is 19.7 Å². The van der Waals surface area contributed by atoms with Gasteiger partial charge in [-0.3, -0.25) is 14.9 Å². The number of imide groups is 2. The first-order valence-corrected chi connectivity index (χ1v) is 9.87. The Balaban J connectivity index is 1.54. The Bertz CT molecular complexity index is 1190. The molecule has 1 saturated heterocycles. The fourth-order valence-corrected chi connectivity index (χ4v) is 3.22. The summed E-state index contributed by atoms with van der Waals surface area (Å²) in [6.45, 7) is 0.394. The highest BCUT2D eigenvalue weighted by Crippen LogP contribution is 2.25. The average Bonchev–Trinajstić information content (AvgIpc) is 2.82.